The first-order valence-electron chi connectivity index (χ1n) is 7.30. The lowest BCUT2D eigenvalue weighted by Gasteiger charge is -2.32. The topological polar surface area (TPSA) is 52.1 Å². The molecule has 1 aliphatic heterocycles. The fourth-order valence-corrected chi connectivity index (χ4v) is 3.16. The first-order chi connectivity index (χ1) is 10.3. The summed E-state index contributed by atoms with van der Waals surface area (Å²) in [5, 5.41) is 12.6. The van der Waals surface area contributed by atoms with Crippen molar-refractivity contribution in [1.29, 1.82) is 0 Å². The summed E-state index contributed by atoms with van der Waals surface area (Å²) in [6, 6.07) is 10.3. The molecule has 22 heavy (non-hydrogen) atoms. The lowest BCUT2D eigenvalue weighted by atomic mass is 9.85. The number of anilines is 2. The van der Waals surface area contributed by atoms with Crippen LogP contribution in [0.25, 0.3) is 0 Å². The molecule has 2 aromatic carbocycles. The predicted octanol–water partition coefficient (Wildman–Crippen LogP) is 3.56. The Kier molecular flexibility index (Phi) is 3.72. The maximum absolute atomic E-state index is 10.6. The van der Waals surface area contributed by atoms with E-state index < -0.39 is 0 Å². The van der Waals surface area contributed by atoms with Gasteiger partial charge < -0.3 is 5.11 Å². The second-order valence-corrected chi connectivity index (χ2v) is 8.02. The highest BCUT2D eigenvalue weighted by Crippen LogP contribution is 2.38. The Labute approximate surface area is 144 Å². The summed E-state index contributed by atoms with van der Waals surface area (Å²) in [4.78, 5) is 0. The number of aromatic hydroxyl groups is 1. The van der Waals surface area contributed by atoms with Gasteiger partial charge in [-0.05, 0) is 58.7 Å². The largest absolute Gasteiger partial charge is 0.505 e. The normalized spacial score (nSPS) is 13.6. The molecule has 4 N–H and O–H groups in total. The molecule has 1 heterocycles. The Morgan fingerprint density at radius 3 is 2.55 bits per heavy atom. The number of aryl methyl sites for hydroxylation is 1. The van der Waals surface area contributed by atoms with Crippen molar-refractivity contribution < 1.29 is 10.5 Å². The van der Waals surface area contributed by atoms with Crippen LogP contribution >= 0.6 is 22.6 Å². The van der Waals surface area contributed by atoms with Crippen molar-refractivity contribution in [2.75, 3.05) is 10.5 Å². The van der Waals surface area contributed by atoms with Crippen molar-refractivity contribution in [3.8, 4) is 5.75 Å². The van der Waals surface area contributed by atoms with E-state index in [4.69, 9.17) is 0 Å². The number of quaternary nitrogens is 1. The van der Waals surface area contributed by atoms with Gasteiger partial charge in [0.25, 0.3) is 0 Å². The molecule has 0 aliphatic carbocycles. The van der Waals surface area contributed by atoms with Crippen LogP contribution in [-0.2, 0) is 5.41 Å². The van der Waals surface area contributed by atoms with Gasteiger partial charge in [0.05, 0.1) is 0 Å². The third-order valence-electron chi connectivity index (χ3n) is 3.82. The number of benzene rings is 2. The monoisotopic (exact) mass is 410 g/mol. The molecule has 116 valence electrons. The van der Waals surface area contributed by atoms with Gasteiger partial charge in [-0.2, -0.15) is 5.43 Å². The molecule has 0 amide bonds. The summed E-state index contributed by atoms with van der Waals surface area (Å²) in [5.74, 6) is 0.325. The van der Waals surface area contributed by atoms with Gasteiger partial charge in [-0.15, -0.1) is 5.12 Å². The van der Waals surface area contributed by atoms with E-state index in [1.807, 2.05) is 16.6 Å². The van der Waals surface area contributed by atoms with Crippen LogP contribution in [0.4, 0.5) is 17.1 Å². The molecule has 0 radical (unpaired) electrons. The number of phenolic OH excluding ortho intramolecular Hbond substituents is 1. The molecule has 0 saturated carbocycles. The molecule has 0 spiro atoms. The van der Waals surface area contributed by atoms with Crippen LogP contribution in [-0.4, -0.2) is 5.11 Å². The second-order valence-electron chi connectivity index (χ2n) is 6.77. The SMILES string of the molecule is Cc1cc(NN2[NH2+]c3cc(I)ccc32)c(O)c(C(C)(C)C)c1. The van der Waals surface area contributed by atoms with Crippen molar-refractivity contribution in [1.82, 2.24) is 0 Å². The number of hydrogen-bond donors (Lipinski definition) is 3. The molecule has 0 aromatic heterocycles. The number of nitrogens with one attached hydrogen (secondary N) is 1. The van der Waals surface area contributed by atoms with Crippen LogP contribution in [0.2, 0.25) is 0 Å². The molecule has 3 rings (SSSR count). The van der Waals surface area contributed by atoms with E-state index in [0.29, 0.717) is 5.75 Å². The summed E-state index contributed by atoms with van der Waals surface area (Å²) >= 11 is 2.31. The molecular weight excluding hydrogens is 389 g/mol. The molecule has 0 unspecified atom stereocenters. The fraction of sp³-hybridized carbons (Fsp3) is 0.294. The quantitative estimate of drug-likeness (QED) is 0.307. The van der Waals surface area contributed by atoms with Gasteiger partial charge in [0.15, 0.2) is 11.4 Å². The highest BCUT2D eigenvalue weighted by molar-refractivity contribution is 14.1. The van der Waals surface area contributed by atoms with Crippen molar-refractivity contribution in [3.05, 3.63) is 45.0 Å². The number of rotatable bonds is 2. The minimum absolute atomic E-state index is 0.0980. The molecule has 0 bridgehead atoms. The Bertz CT molecular complexity index is 737. The van der Waals surface area contributed by atoms with E-state index >= 15 is 0 Å². The number of halogens is 1. The molecule has 0 saturated heterocycles. The first kappa shape index (κ1) is 15.4. The predicted molar refractivity (Wildman–Crippen MR) is 98.4 cm³/mol. The van der Waals surface area contributed by atoms with Gasteiger partial charge in [-0.25, -0.2) is 0 Å². The Morgan fingerprint density at radius 2 is 1.91 bits per heavy atom. The van der Waals surface area contributed by atoms with Crippen molar-refractivity contribution in [3.63, 3.8) is 0 Å². The molecule has 4 nitrogen and oxygen atoms in total. The Hall–Kier alpha value is -1.47. The van der Waals surface area contributed by atoms with Crippen LogP contribution < -0.4 is 16.0 Å². The second kappa shape index (κ2) is 5.31. The summed E-state index contributed by atoms with van der Waals surface area (Å²) in [6.45, 7) is 8.38. The van der Waals surface area contributed by atoms with Crippen LogP contribution in [0.15, 0.2) is 30.3 Å². The average molecular weight is 410 g/mol. The third-order valence-corrected chi connectivity index (χ3v) is 4.49. The van der Waals surface area contributed by atoms with E-state index in [2.05, 4.69) is 80.0 Å². The zero-order valence-electron chi connectivity index (χ0n) is 13.2. The summed E-state index contributed by atoms with van der Waals surface area (Å²) < 4.78 is 1.22. The summed E-state index contributed by atoms with van der Waals surface area (Å²) in [6.07, 6.45) is 0. The number of hydrazine groups is 1. The van der Waals surface area contributed by atoms with Gasteiger partial charge in [0.2, 0.25) is 0 Å². The molecule has 0 atom stereocenters. The van der Waals surface area contributed by atoms with Gasteiger partial charge in [-0.3, -0.25) is 5.43 Å². The van der Waals surface area contributed by atoms with Crippen LogP contribution in [0.3, 0.4) is 0 Å². The molecule has 0 fully saturated rings. The van der Waals surface area contributed by atoms with Crippen molar-refractivity contribution in [2.24, 2.45) is 0 Å². The third kappa shape index (κ3) is 2.75. The lowest BCUT2D eigenvalue weighted by molar-refractivity contribution is -0.604. The fourth-order valence-electron chi connectivity index (χ4n) is 2.65. The summed E-state index contributed by atoms with van der Waals surface area (Å²) in [5.41, 5.74) is 10.4. The Morgan fingerprint density at radius 1 is 1.18 bits per heavy atom. The number of fused-ring (bicyclic) bond motifs is 1. The van der Waals surface area contributed by atoms with E-state index in [1.54, 1.807) is 0 Å². The zero-order valence-corrected chi connectivity index (χ0v) is 15.4. The smallest absolute Gasteiger partial charge is 0.187 e. The van der Waals surface area contributed by atoms with Crippen molar-refractivity contribution >= 4 is 39.7 Å². The number of nitrogens with two attached hydrogens (primary N) is 1. The first-order valence-corrected chi connectivity index (χ1v) is 8.38. The van der Waals surface area contributed by atoms with Crippen molar-refractivity contribution in [2.45, 2.75) is 33.1 Å². The average Bonchev–Trinajstić information content (AvgIpc) is 2.38. The Balaban J connectivity index is 1.91. The lowest BCUT2D eigenvalue weighted by Crippen LogP contribution is -2.97. The van der Waals surface area contributed by atoms with E-state index in [-0.39, 0.29) is 5.41 Å². The zero-order chi connectivity index (χ0) is 16.1. The van der Waals surface area contributed by atoms with E-state index in [0.717, 1.165) is 22.5 Å². The molecule has 2 aromatic rings. The number of hydrogen-bond acceptors (Lipinski definition) is 3. The van der Waals surface area contributed by atoms with E-state index in [1.165, 1.54) is 9.26 Å². The number of phenols is 1. The molecular formula is C17H21IN3O+. The number of nitrogens with zero attached hydrogens (tertiary/aromatic N) is 1. The van der Waals surface area contributed by atoms with Gasteiger partial charge >= 0.3 is 0 Å². The molecule has 5 heteroatoms. The minimum Gasteiger partial charge on any atom is -0.505 e. The highest BCUT2D eigenvalue weighted by Gasteiger charge is 2.30. The van der Waals surface area contributed by atoms with Crippen LogP contribution in [0.1, 0.15) is 31.9 Å². The van der Waals surface area contributed by atoms with Gasteiger partial charge in [0, 0.05) is 15.2 Å². The summed E-state index contributed by atoms with van der Waals surface area (Å²) in [7, 11) is 0. The van der Waals surface area contributed by atoms with Crippen LogP contribution in [0.5, 0.6) is 5.75 Å². The standard InChI is InChI=1S/C17H20IN3O/c1-10-7-12(17(2,3)4)16(22)14(8-10)20-21-15-6-5-11(18)9-13(15)19-21/h5-9,19-20,22H,1-4H3/p+1. The minimum atomic E-state index is -0.0980. The van der Waals surface area contributed by atoms with Gasteiger partial charge in [0.1, 0.15) is 11.4 Å². The maximum Gasteiger partial charge on any atom is 0.187 e. The maximum atomic E-state index is 10.6. The highest BCUT2D eigenvalue weighted by atomic mass is 127. The van der Waals surface area contributed by atoms with Gasteiger partial charge in [-0.1, -0.05) is 26.8 Å². The molecule has 1 aliphatic rings. The van der Waals surface area contributed by atoms with Crippen LogP contribution in [0, 0.1) is 10.5 Å². The van der Waals surface area contributed by atoms with E-state index in [9.17, 15) is 5.11 Å².